The fourth-order valence-corrected chi connectivity index (χ4v) is 2.98. The van der Waals surface area contributed by atoms with Crippen LogP contribution in [0.3, 0.4) is 0 Å². The fraction of sp³-hybridized carbons (Fsp3) is 0.579. The van der Waals surface area contributed by atoms with Gasteiger partial charge in [-0.15, -0.1) is 0 Å². The van der Waals surface area contributed by atoms with Crippen molar-refractivity contribution in [2.75, 3.05) is 31.1 Å². The standard InChI is InChI=1S/C19H30N4O2/c1-19(2,3)14-4-6-16(7-5-14)23-10-8-15(9-11-23)22-18(25)13-21-17(24)12-20/h4-7,15H,8-13,20H2,1-3H3,(H,21,24)(H,22,25). The van der Waals surface area contributed by atoms with Crippen molar-refractivity contribution in [3.8, 4) is 0 Å². The third-order valence-electron chi connectivity index (χ3n) is 4.59. The topological polar surface area (TPSA) is 87.5 Å². The molecule has 2 amide bonds. The number of benzene rings is 1. The van der Waals surface area contributed by atoms with E-state index >= 15 is 0 Å². The summed E-state index contributed by atoms with van der Waals surface area (Å²) in [7, 11) is 0. The molecule has 1 aliphatic heterocycles. The predicted molar refractivity (Wildman–Crippen MR) is 101 cm³/mol. The van der Waals surface area contributed by atoms with Gasteiger partial charge in [0.2, 0.25) is 11.8 Å². The molecule has 6 heteroatoms. The zero-order valence-corrected chi connectivity index (χ0v) is 15.5. The van der Waals surface area contributed by atoms with Crippen LogP contribution in [0.1, 0.15) is 39.2 Å². The van der Waals surface area contributed by atoms with Gasteiger partial charge in [-0.25, -0.2) is 0 Å². The number of carbonyl (C=O) groups is 2. The Morgan fingerprint density at radius 1 is 1.12 bits per heavy atom. The van der Waals surface area contributed by atoms with Gasteiger partial charge in [-0.05, 0) is 36.0 Å². The van der Waals surface area contributed by atoms with E-state index in [0.29, 0.717) is 0 Å². The number of anilines is 1. The molecule has 0 aliphatic carbocycles. The van der Waals surface area contributed by atoms with E-state index in [1.54, 1.807) is 0 Å². The molecule has 0 radical (unpaired) electrons. The average Bonchev–Trinajstić information content (AvgIpc) is 2.59. The number of piperidine rings is 1. The van der Waals surface area contributed by atoms with E-state index in [1.165, 1.54) is 11.3 Å². The molecule has 1 heterocycles. The Morgan fingerprint density at radius 3 is 2.24 bits per heavy atom. The van der Waals surface area contributed by atoms with E-state index in [0.717, 1.165) is 25.9 Å². The van der Waals surface area contributed by atoms with Crippen LogP contribution in [-0.2, 0) is 15.0 Å². The van der Waals surface area contributed by atoms with Gasteiger partial charge in [-0.1, -0.05) is 32.9 Å². The van der Waals surface area contributed by atoms with Crippen LogP contribution in [0.5, 0.6) is 0 Å². The normalized spacial score (nSPS) is 15.8. The summed E-state index contributed by atoms with van der Waals surface area (Å²) >= 11 is 0. The first kappa shape index (κ1) is 19.2. The second-order valence-electron chi connectivity index (χ2n) is 7.61. The van der Waals surface area contributed by atoms with Crippen LogP contribution in [0, 0.1) is 0 Å². The van der Waals surface area contributed by atoms with Gasteiger partial charge >= 0.3 is 0 Å². The number of hydrogen-bond acceptors (Lipinski definition) is 4. The molecule has 6 nitrogen and oxygen atoms in total. The first-order chi connectivity index (χ1) is 11.8. The van der Waals surface area contributed by atoms with Crippen LogP contribution in [0.4, 0.5) is 5.69 Å². The van der Waals surface area contributed by atoms with Gasteiger partial charge in [0.1, 0.15) is 0 Å². The lowest BCUT2D eigenvalue weighted by Crippen LogP contribution is -2.48. The van der Waals surface area contributed by atoms with Crippen LogP contribution >= 0.6 is 0 Å². The third kappa shape index (κ3) is 5.74. The summed E-state index contributed by atoms with van der Waals surface area (Å²) < 4.78 is 0. The molecule has 0 bridgehead atoms. The van der Waals surface area contributed by atoms with Crippen molar-refractivity contribution in [2.45, 2.75) is 45.1 Å². The maximum Gasteiger partial charge on any atom is 0.239 e. The third-order valence-corrected chi connectivity index (χ3v) is 4.59. The van der Waals surface area contributed by atoms with E-state index in [4.69, 9.17) is 5.73 Å². The van der Waals surface area contributed by atoms with Crippen molar-refractivity contribution in [2.24, 2.45) is 5.73 Å². The van der Waals surface area contributed by atoms with Gasteiger partial charge in [0.15, 0.2) is 0 Å². The predicted octanol–water partition coefficient (Wildman–Crippen LogP) is 1.14. The minimum Gasteiger partial charge on any atom is -0.371 e. The van der Waals surface area contributed by atoms with E-state index in [2.05, 4.69) is 60.6 Å². The van der Waals surface area contributed by atoms with Gasteiger partial charge in [-0.2, -0.15) is 0 Å². The number of nitrogens with two attached hydrogens (primary N) is 1. The summed E-state index contributed by atoms with van der Waals surface area (Å²) in [6.07, 6.45) is 1.80. The number of amides is 2. The molecule has 1 aromatic carbocycles. The van der Waals surface area contributed by atoms with Crippen LogP contribution in [0.15, 0.2) is 24.3 Å². The first-order valence-corrected chi connectivity index (χ1v) is 8.91. The Bertz CT molecular complexity index is 584. The molecule has 0 atom stereocenters. The number of nitrogens with one attached hydrogen (secondary N) is 2. The molecule has 0 aromatic heterocycles. The molecule has 0 unspecified atom stereocenters. The second kappa shape index (κ2) is 8.34. The quantitative estimate of drug-likeness (QED) is 0.746. The van der Waals surface area contributed by atoms with Crippen molar-refractivity contribution >= 4 is 17.5 Å². The zero-order chi connectivity index (χ0) is 18.4. The van der Waals surface area contributed by atoms with Crippen LogP contribution < -0.4 is 21.3 Å². The SMILES string of the molecule is CC(C)(C)c1ccc(N2CCC(NC(=O)CNC(=O)CN)CC2)cc1. The fourth-order valence-electron chi connectivity index (χ4n) is 2.98. The van der Waals surface area contributed by atoms with Gasteiger partial charge < -0.3 is 21.3 Å². The summed E-state index contributed by atoms with van der Waals surface area (Å²) in [6, 6.07) is 8.92. The summed E-state index contributed by atoms with van der Waals surface area (Å²) in [6.45, 7) is 8.36. The average molecular weight is 346 g/mol. The Labute approximate surface area is 150 Å². The lowest BCUT2D eigenvalue weighted by Gasteiger charge is -2.34. The summed E-state index contributed by atoms with van der Waals surface area (Å²) in [5, 5.41) is 5.47. The largest absolute Gasteiger partial charge is 0.371 e. The van der Waals surface area contributed by atoms with Gasteiger partial charge in [0.25, 0.3) is 0 Å². The number of rotatable bonds is 5. The Kier molecular flexibility index (Phi) is 6.42. The van der Waals surface area contributed by atoms with Crippen molar-refractivity contribution in [1.29, 1.82) is 0 Å². The maximum atomic E-state index is 11.8. The monoisotopic (exact) mass is 346 g/mol. The highest BCUT2D eigenvalue weighted by molar-refractivity contribution is 5.85. The molecule has 1 aromatic rings. The zero-order valence-electron chi connectivity index (χ0n) is 15.5. The lowest BCUT2D eigenvalue weighted by atomic mass is 9.87. The Morgan fingerprint density at radius 2 is 1.72 bits per heavy atom. The summed E-state index contributed by atoms with van der Waals surface area (Å²) in [5.41, 5.74) is 7.92. The van der Waals surface area contributed by atoms with Crippen molar-refractivity contribution in [3.63, 3.8) is 0 Å². The molecular formula is C19H30N4O2. The van der Waals surface area contributed by atoms with Crippen molar-refractivity contribution < 1.29 is 9.59 Å². The van der Waals surface area contributed by atoms with Gasteiger partial charge in [0, 0.05) is 24.8 Å². The highest BCUT2D eigenvalue weighted by Crippen LogP contribution is 2.26. The highest BCUT2D eigenvalue weighted by atomic mass is 16.2. The number of hydrogen-bond donors (Lipinski definition) is 3. The summed E-state index contributed by atoms with van der Waals surface area (Å²) in [4.78, 5) is 25.3. The molecular weight excluding hydrogens is 316 g/mol. The van der Waals surface area contributed by atoms with E-state index in [-0.39, 0.29) is 36.4 Å². The second-order valence-corrected chi connectivity index (χ2v) is 7.61. The molecule has 0 spiro atoms. The molecule has 2 rings (SSSR count). The van der Waals surface area contributed by atoms with Gasteiger partial charge in [0.05, 0.1) is 13.1 Å². The van der Waals surface area contributed by atoms with E-state index in [9.17, 15) is 9.59 Å². The highest BCUT2D eigenvalue weighted by Gasteiger charge is 2.21. The first-order valence-electron chi connectivity index (χ1n) is 8.91. The number of carbonyl (C=O) groups excluding carboxylic acids is 2. The molecule has 1 saturated heterocycles. The maximum absolute atomic E-state index is 11.8. The van der Waals surface area contributed by atoms with Gasteiger partial charge in [-0.3, -0.25) is 9.59 Å². The van der Waals surface area contributed by atoms with Crippen LogP contribution in [-0.4, -0.2) is 44.0 Å². The molecule has 25 heavy (non-hydrogen) atoms. The smallest absolute Gasteiger partial charge is 0.239 e. The number of nitrogens with zero attached hydrogens (tertiary/aromatic N) is 1. The van der Waals surface area contributed by atoms with E-state index < -0.39 is 0 Å². The molecule has 4 N–H and O–H groups in total. The Balaban J connectivity index is 1.79. The van der Waals surface area contributed by atoms with E-state index in [1.807, 2.05) is 0 Å². The Hall–Kier alpha value is -2.08. The van der Waals surface area contributed by atoms with Crippen molar-refractivity contribution in [3.05, 3.63) is 29.8 Å². The molecule has 1 aliphatic rings. The summed E-state index contributed by atoms with van der Waals surface area (Å²) in [5.74, 6) is -0.474. The minimum absolute atomic E-state index is 0.00941. The van der Waals surface area contributed by atoms with Crippen LogP contribution in [0.25, 0.3) is 0 Å². The molecule has 138 valence electrons. The molecule has 0 saturated carbocycles. The van der Waals surface area contributed by atoms with Crippen molar-refractivity contribution in [1.82, 2.24) is 10.6 Å². The van der Waals surface area contributed by atoms with Crippen LogP contribution in [0.2, 0.25) is 0 Å². The lowest BCUT2D eigenvalue weighted by molar-refractivity contribution is -0.125. The minimum atomic E-state index is -0.316. The molecule has 1 fully saturated rings.